The Labute approximate surface area is 184 Å². The number of fused-ring (bicyclic) bond motifs is 1. The van der Waals surface area contributed by atoms with Gasteiger partial charge in [0, 0.05) is 23.6 Å². The van der Waals surface area contributed by atoms with Crippen molar-refractivity contribution in [3.05, 3.63) is 88.5 Å². The van der Waals surface area contributed by atoms with Crippen LogP contribution < -0.4 is 10.9 Å². The molecule has 2 aromatic carbocycles. The Morgan fingerprint density at radius 2 is 1.75 bits per heavy atom. The molecule has 4 rings (SSSR count). The molecule has 0 spiro atoms. The number of hydrogen-bond donors (Lipinski definition) is 1. The molecule has 8 nitrogen and oxygen atoms in total. The van der Waals surface area contributed by atoms with Gasteiger partial charge >= 0.3 is 5.97 Å². The molecule has 0 saturated heterocycles. The van der Waals surface area contributed by atoms with Gasteiger partial charge in [-0.3, -0.25) is 9.59 Å². The lowest BCUT2D eigenvalue weighted by Crippen LogP contribution is -2.28. The van der Waals surface area contributed by atoms with Crippen LogP contribution in [0.3, 0.4) is 0 Å². The summed E-state index contributed by atoms with van der Waals surface area (Å²) >= 11 is 0. The standard InChI is InChI=1S/C24H22N4O4/c1-3-32-24(31)18-8-10-19(11-9-18)25-22(29)15-27-12-13-28-21(23(27)30)14-20(26-28)17-6-4-16(2)5-7-17/h4-14H,3,15H2,1-2H3,(H,25,29). The SMILES string of the molecule is CCOC(=O)c1ccc(NC(=O)Cn2ccn3nc(-c4ccc(C)cc4)cc3c2=O)cc1. The second-order valence-corrected chi connectivity index (χ2v) is 7.30. The molecule has 0 atom stereocenters. The number of amides is 1. The zero-order valence-electron chi connectivity index (χ0n) is 17.7. The Morgan fingerprint density at radius 1 is 1.03 bits per heavy atom. The number of carbonyl (C=O) groups is 2. The molecule has 0 fully saturated rings. The smallest absolute Gasteiger partial charge is 0.338 e. The zero-order chi connectivity index (χ0) is 22.7. The minimum Gasteiger partial charge on any atom is -0.462 e. The predicted octanol–water partition coefficient (Wildman–Crippen LogP) is 3.29. The number of aryl methyl sites for hydroxylation is 1. The van der Waals surface area contributed by atoms with Gasteiger partial charge in [0.1, 0.15) is 12.1 Å². The zero-order valence-corrected chi connectivity index (χ0v) is 17.7. The van der Waals surface area contributed by atoms with Crippen LogP contribution in [0.5, 0.6) is 0 Å². The second-order valence-electron chi connectivity index (χ2n) is 7.30. The highest BCUT2D eigenvalue weighted by molar-refractivity contribution is 5.93. The van der Waals surface area contributed by atoms with Crippen LogP contribution in [-0.4, -0.2) is 32.7 Å². The van der Waals surface area contributed by atoms with E-state index in [-0.39, 0.29) is 18.0 Å². The average molecular weight is 430 g/mol. The van der Waals surface area contributed by atoms with Gasteiger partial charge in [-0.25, -0.2) is 9.31 Å². The van der Waals surface area contributed by atoms with E-state index in [1.165, 1.54) is 15.3 Å². The van der Waals surface area contributed by atoms with Crippen molar-refractivity contribution in [3.63, 3.8) is 0 Å². The van der Waals surface area contributed by atoms with Crippen molar-refractivity contribution in [2.75, 3.05) is 11.9 Å². The van der Waals surface area contributed by atoms with E-state index in [2.05, 4.69) is 10.4 Å². The molecule has 0 radical (unpaired) electrons. The molecule has 0 aliphatic carbocycles. The van der Waals surface area contributed by atoms with Crippen molar-refractivity contribution in [1.82, 2.24) is 14.2 Å². The topological polar surface area (TPSA) is 94.7 Å². The summed E-state index contributed by atoms with van der Waals surface area (Å²) in [7, 11) is 0. The minimum atomic E-state index is -0.420. The van der Waals surface area contributed by atoms with Gasteiger partial charge in [-0.15, -0.1) is 0 Å². The number of nitrogens with one attached hydrogen (secondary N) is 1. The summed E-state index contributed by atoms with van der Waals surface area (Å²) in [5.74, 6) is -0.783. The van der Waals surface area contributed by atoms with Crippen molar-refractivity contribution in [3.8, 4) is 11.3 Å². The molecule has 1 amide bonds. The van der Waals surface area contributed by atoms with Crippen molar-refractivity contribution in [1.29, 1.82) is 0 Å². The van der Waals surface area contributed by atoms with Crippen molar-refractivity contribution in [2.24, 2.45) is 0 Å². The molecule has 8 heteroatoms. The van der Waals surface area contributed by atoms with E-state index in [1.54, 1.807) is 43.5 Å². The van der Waals surface area contributed by atoms with Gasteiger partial charge < -0.3 is 14.6 Å². The van der Waals surface area contributed by atoms with Gasteiger partial charge in [0.25, 0.3) is 5.56 Å². The van der Waals surface area contributed by atoms with E-state index >= 15 is 0 Å². The third-order valence-corrected chi connectivity index (χ3v) is 4.94. The number of hydrogen-bond acceptors (Lipinski definition) is 5. The first-order valence-corrected chi connectivity index (χ1v) is 10.2. The maximum atomic E-state index is 12.9. The lowest BCUT2D eigenvalue weighted by Gasteiger charge is -2.08. The minimum absolute atomic E-state index is 0.153. The third kappa shape index (κ3) is 4.44. The van der Waals surface area contributed by atoms with Crippen LogP contribution in [0.4, 0.5) is 5.69 Å². The summed E-state index contributed by atoms with van der Waals surface area (Å²) in [6.45, 7) is 3.88. The Hall–Kier alpha value is -4.20. The van der Waals surface area contributed by atoms with Crippen molar-refractivity contribution in [2.45, 2.75) is 20.4 Å². The fourth-order valence-corrected chi connectivity index (χ4v) is 3.28. The number of benzene rings is 2. The Morgan fingerprint density at radius 3 is 2.44 bits per heavy atom. The van der Waals surface area contributed by atoms with Gasteiger partial charge in [-0.2, -0.15) is 5.10 Å². The molecule has 162 valence electrons. The first kappa shape index (κ1) is 21.0. The molecule has 1 N–H and O–H groups in total. The maximum Gasteiger partial charge on any atom is 0.338 e. The van der Waals surface area contributed by atoms with Gasteiger partial charge in [0.2, 0.25) is 5.91 Å². The van der Waals surface area contributed by atoms with Crippen LogP contribution in [0, 0.1) is 6.92 Å². The molecule has 0 unspecified atom stereocenters. The Bertz CT molecular complexity index is 1340. The first-order valence-electron chi connectivity index (χ1n) is 10.2. The summed E-state index contributed by atoms with van der Waals surface area (Å²) < 4.78 is 7.79. The largest absolute Gasteiger partial charge is 0.462 e. The number of aromatic nitrogens is 3. The lowest BCUT2D eigenvalue weighted by molar-refractivity contribution is -0.116. The van der Waals surface area contributed by atoms with Gasteiger partial charge in [0.05, 0.1) is 17.9 Å². The molecular weight excluding hydrogens is 408 g/mol. The summed E-state index contributed by atoms with van der Waals surface area (Å²) in [5, 5.41) is 7.19. The fraction of sp³-hybridized carbons (Fsp3) is 0.167. The van der Waals surface area contributed by atoms with Crippen LogP contribution in [0.15, 0.2) is 71.8 Å². The predicted molar refractivity (Wildman–Crippen MR) is 121 cm³/mol. The molecule has 0 saturated carbocycles. The van der Waals surface area contributed by atoms with Gasteiger partial charge in [0.15, 0.2) is 0 Å². The molecule has 4 aromatic rings. The number of carbonyl (C=O) groups excluding carboxylic acids is 2. The maximum absolute atomic E-state index is 12.9. The van der Waals surface area contributed by atoms with Crippen LogP contribution in [-0.2, 0) is 16.1 Å². The van der Waals surface area contributed by atoms with E-state index in [0.29, 0.717) is 29.1 Å². The molecule has 0 aliphatic rings. The highest BCUT2D eigenvalue weighted by Crippen LogP contribution is 2.19. The number of ether oxygens (including phenoxy) is 1. The molecule has 2 aromatic heterocycles. The summed E-state index contributed by atoms with van der Waals surface area (Å²) in [4.78, 5) is 37.0. The van der Waals surface area contributed by atoms with Gasteiger partial charge in [-0.1, -0.05) is 29.8 Å². The Balaban J connectivity index is 1.49. The van der Waals surface area contributed by atoms with E-state index in [9.17, 15) is 14.4 Å². The van der Waals surface area contributed by atoms with E-state index in [4.69, 9.17) is 4.74 Å². The highest BCUT2D eigenvalue weighted by Gasteiger charge is 2.12. The first-order chi connectivity index (χ1) is 15.4. The highest BCUT2D eigenvalue weighted by atomic mass is 16.5. The lowest BCUT2D eigenvalue weighted by atomic mass is 10.1. The summed E-state index contributed by atoms with van der Waals surface area (Å²) in [6.07, 6.45) is 3.18. The van der Waals surface area contributed by atoms with Crippen LogP contribution in [0.1, 0.15) is 22.8 Å². The molecular formula is C24H22N4O4. The number of nitrogens with zero attached hydrogens (tertiary/aromatic N) is 3. The summed E-state index contributed by atoms with van der Waals surface area (Å²) in [5.41, 5.74) is 3.72. The van der Waals surface area contributed by atoms with Crippen LogP contribution >= 0.6 is 0 Å². The third-order valence-electron chi connectivity index (χ3n) is 4.94. The number of anilines is 1. The second kappa shape index (κ2) is 8.89. The number of esters is 1. The van der Waals surface area contributed by atoms with Crippen molar-refractivity contribution >= 4 is 23.1 Å². The van der Waals surface area contributed by atoms with Gasteiger partial charge in [-0.05, 0) is 44.2 Å². The molecule has 0 aliphatic heterocycles. The monoisotopic (exact) mass is 430 g/mol. The summed E-state index contributed by atoms with van der Waals surface area (Å²) in [6, 6.07) is 16.0. The molecule has 2 heterocycles. The van der Waals surface area contributed by atoms with E-state index < -0.39 is 5.97 Å². The van der Waals surface area contributed by atoms with E-state index in [1.807, 2.05) is 31.2 Å². The Kier molecular flexibility index (Phi) is 5.85. The quantitative estimate of drug-likeness (QED) is 0.474. The fourth-order valence-electron chi connectivity index (χ4n) is 3.28. The normalized spacial score (nSPS) is 10.8. The van der Waals surface area contributed by atoms with Crippen LogP contribution in [0.25, 0.3) is 16.8 Å². The average Bonchev–Trinajstić information content (AvgIpc) is 3.22. The van der Waals surface area contributed by atoms with E-state index in [0.717, 1.165) is 11.1 Å². The van der Waals surface area contributed by atoms with Crippen LogP contribution in [0.2, 0.25) is 0 Å². The molecule has 0 bridgehead atoms. The molecule has 32 heavy (non-hydrogen) atoms. The number of rotatable bonds is 6. The van der Waals surface area contributed by atoms with Crippen molar-refractivity contribution < 1.29 is 14.3 Å².